The lowest BCUT2D eigenvalue weighted by molar-refractivity contribution is 0.629. The van der Waals surface area contributed by atoms with Crippen LogP contribution in [0.25, 0.3) is 10.9 Å². The van der Waals surface area contributed by atoms with Gasteiger partial charge in [-0.2, -0.15) is 4.98 Å². The number of hydrogen-bond acceptors (Lipinski definition) is 4. The van der Waals surface area contributed by atoms with Gasteiger partial charge in [0.1, 0.15) is 11.6 Å². The molecule has 0 fully saturated rings. The first kappa shape index (κ1) is 17.2. The van der Waals surface area contributed by atoms with Gasteiger partial charge in [0.05, 0.1) is 10.5 Å². The molecule has 0 saturated heterocycles. The molecule has 0 aliphatic carbocycles. The summed E-state index contributed by atoms with van der Waals surface area (Å²) in [5.74, 6) is 0.595. The van der Waals surface area contributed by atoms with Crippen molar-refractivity contribution >= 4 is 40.0 Å². The second kappa shape index (κ2) is 7.60. The number of hydrogen-bond donors (Lipinski definition) is 2. The van der Waals surface area contributed by atoms with E-state index < -0.39 is 5.82 Å². The summed E-state index contributed by atoms with van der Waals surface area (Å²) in [5, 5.41) is 7.40. The van der Waals surface area contributed by atoms with Crippen LogP contribution in [0.5, 0.6) is 0 Å². The normalized spacial score (nSPS) is 10.7. The fourth-order valence-electron chi connectivity index (χ4n) is 2.75. The maximum absolute atomic E-state index is 13.7. The van der Waals surface area contributed by atoms with E-state index in [1.54, 1.807) is 6.07 Å². The Morgan fingerprint density at radius 2 is 1.67 bits per heavy atom. The molecule has 6 heteroatoms. The molecule has 3 aromatic carbocycles. The Balaban J connectivity index is 1.66. The highest BCUT2D eigenvalue weighted by molar-refractivity contribution is 6.30. The predicted octanol–water partition coefficient (Wildman–Crippen LogP) is 5.78. The molecule has 0 amide bonds. The largest absolute Gasteiger partial charge is 0.365 e. The third-order valence-electron chi connectivity index (χ3n) is 4.08. The van der Waals surface area contributed by atoms with Crippen LogP contribution in [0.3, 0.4) is 0 Å². The van der Waals surface area contributed by atoms with Crippen molar-refractivity contribution in [2.24, 2.45) is 0 Å². The van der Waals surface area contributed by atoms with Gasteiger partial charge in [-0.05, 0) is 35.9 Å². The molecule has 0 aliphatic rings. The van der Waals surface area contributed by atoms with E-state index in [1.165, 1.54) is 12.1 Å². The zero-order valence-corrected chi connectivity index (χ0v) is 15.0. The first-order valence-corrected chi connectivity index (χ1v) is 8.83. The van der Waals surface area contributed by atoms with Crippen molar-refractivity contribution in [3.63, 3.8) is 0 Å². The number of rotatable bonds is 5. The topological polar surface area (TPSA) is 49.8 Å². The van der Waals surface area contributed by atoms with E-state index in [0.29, 0.717) is 24.0 Å². The van der Waals surface area contributed by atoms with Crippen molar-refractivity contribution in [1.82, 2.24) is 9.97 Å². The molecule has 0 unspecified atom stereocenters. The van der Waals surface area contributed by atoms with E-state index in [4.69, 9.17) is 11.6 Å². The predicted molar refractivity (Wildman–Crippen MR) is 108 cm³/mol. The summed E-state index contributed by atoms with van der Waals surface area (Å²) in [6.45, 7) is 0.636. The Hall–Kier alpha value is -3.18. The van der Waals surface area contributed by atoms with Crippen LogP contribution in [0, 0.1) is 5.82 Å². The van der Waals surface area contributed by atoms with Crippen molar-refractivity contribution in [1.29, 1.82) is 0 Å². The quantitative estimate of drug-likeness (QED) is 0.462. The standard InChI is InChI=1S/C21H16ClFN4/c22-17-11-10-15(12-18(17)23)25-21-26-19-9-5-4-8-16(19)20(27-21)24-13-14-6-2-1-3-7-14/h1-12H,13H2,(H2,24,25,26,27). The van der Waals surface area contributed by atoms with E-state index >= 15 is 0 Å². The number of aromatic nitrogens is 2. The summed E-state index contributed by atoms with van der Waals surface area (Å²) >= 11 is 5.74. The summed E-state index contributed by atoms with van der Waals surface area (Å²) in [6, 6.07) is 22.3. The SMILES string of the molecule is Fc1cc(Nc2nc(NCc3ccccc3)c3ccccc3n2)ccc1Cl. The van der Waals surface area contributed by atoms with Crippen molar-refractivity contribution in [3.8, 4) is 0 Å². The van der Waals surface area contributed by atoms with Crippen molar-refractivity contribution in [3.05, 3.63) is 89.2 Å². The number of benzene rings is 3. The van der Waals surface area contributed by atoms with Gasteiger partial charge in [0, 0.05) is 17.6 Å². The maximum Gasteiger partial charge on any atom is 0.229 e. The van der Waals surface area contributed by atoms with Gasteiger partial charge in [0.15, 0.2) is 0 Å². The fourth-order valence-corrected chi connectivity index (χ4v) is 2.87. The smallest absolute Gasteiger partial charge is 0.229 e. The van der Waals surface area contributed by atoms with Crippen LogP contribution in [0.4, 0.5) is 21.8 Å². The van der Waals surface area contributed by atoms with Crippen LogP contribution in [-0.2, 0) is 6.54 Å². The molecule has 0 saturated carbocycles. The highest BCUT2D eigenvalue weighted by atomic mass is 35.5. The van der Waals surface area contributed by atoms with Gasteiger partial charge in [-0.3, -0.25) is 0 Å². The van der Waals surface area contributed by atoms with Gasteiger partial charge < -0.3 is 10.6 Å². The highest BCUT2D eigenvalue weighted by Crippen LogP contribution is 2.25. The lowest BCUT2D eigenvalue weighted by atomic mass is 10.2. The summed E-state index contributed by atoms with van der Waals surface area (Å²) in [4.78, 5) is 9.10. The summed E-state index contributed by atoms with van der Waals surface area (Å²) in [6.07, 6.45) is 0. The Labute approximate surface area is 161 Å². The van der Waals surface area contributed by atoms with Gasteiger partial charge in [-0.1, -0.05) is 54.1 Å². The Morgan fingerprint density at radius 1 is 0.889 bits per heavy atom. The number of para-hydroxylation sites is 1. The van der Waals surface area contributed by atoms with Gasteiger partial charge >= 0.3 is 0 Å². The lowest BCUT2D eigenvalue weighted by Crippen LogP contribution is -2.05. The van der Waals surface area contributed by atoms with E-state index in [-0.39, 0.29) is 5.02 Å². The molecule has 134 valence electrons. The van der Waals surface area contributed by atoms with Crippen LogP contribution in [0.1, 0.15) is 5.56 Å². The molecule has 0 spiro atoms. The monoisotopic (exact) mass is 378 g/mol. The minimum Gasteiger partial charge on any atom is -0.365 e. The van der Waals surface area contributed by atoms with Crippen LogP contribution >= 0.6 is 11.6 Å². The minimum atomic E-state index is -0.495. The summed E-state index contributed by atoms with van der Waals surface area (Å²) < 4.78 is 13.7. The number of nitrogens with zero attached hydrogens (tertiary/aromatic N) is 2. The molecule has 4 rings (SSSR count). The number of halogens is 2. The zero-order valence-electron chi connectivity index (χ0n) is 14.3. The molecular weight excluding hydrogens is 363 g/mol. The van der Waals surface area contributed by atoms with Crippen LogP contribution in [0.15, 0.2) is 72.8 Å². The first-order chi connectivity index (χ1) is 13.2. The molecule has 0 radical (unpaired) electrons. The molecule has 4 nitrogen and oxygen atoms in total. The van der Waals surface area contributed by atoms with E-state index in [2.05, 4.69) is 20.6 Å². The highest BCUT2D eigenvalue weighted by Gasteiger charge is 2.09. The molecule has 1 aromatic heterocycles. The van der Waals surface area contributed by atoms with Gasteiger partial charge in [-0.25, -0.2) is 9.37 Å². The number of anilines is 3. The molecule has 1 heterocycles. The molecule has 2 N–H and O–H groups in total. The molecule has 4 aromatic rings. The zero-order chi connectivity index (χ0) is 18.6. The number of nitrogens with one attached hydrogen (secondary N) is 2. The third-order valence-corrected chi connectivity index (χ3v) is 4.39. The molecule has 0 aliphatic heterocycles. The average molecular weight is 379 g/mol. The number of fused-ring (bicyclic) bond motifs is 1. The van der Waals surface area contributed by atoms with Crippen LogP contribution in [-0.4, -0.2) is 9.97 Å². The van der Waals surface area contributed by atoms with Gasteiger partial charge in [0.2, 0.25) is 5.95 Å². The van der Waals surface area contributed by atoms with Crippen molar-refractivity contribution < 1.29 is 4.39 Å². The van der Waals surface area contributed by atoms with Gasteiger partial charge in [-0.15, -0.1) is 0 Å². The maximum atomic E-state index is 13.7. The summed E-state index contributed by atoms with van der Waals surface area (Å²) in [5.41, 5.74) is 2.47. The van der Waals surface area contributed by atoms with Crippen LogP contribution < -0.4 is 10.6 Å². The average Bonchev–Trinajstić information content (AvgIpc) is 2.70. The summed E-state index contributed by atoms with van der Waals surface area (Å²) in [7, 11) is 0. The van der Waals surface area contributed by atoms with Crippen molar-refractivity contribution in [2.45, 2.75) is 6.54 Å². The van der Waals surface area contributed by atoms with Gasteiger partial charge in [0.25, 0.3) is 0 Å². The first-order valence-electron chi connectivity index (χ1n) is 8.46. The molecule has 0 bridgehead atoms. The molecule has 27 heavy (non-hydrogen) atoms. The second-order valence-corrected chi connectivity index (χ2v) is 6.41. The Bertz CT molecular complexity index is 1090. The second-order valence-electron chi connectivity index (χ2n) is 6.01. The van der Waals surface area contributed by atoms with E-state index in [0.717, 1.165) is 16.5 Å². The fraction of sp³-hybridized carbons (Fsp3) is 0.0476. The third kappa shape index (κ3) is 3.99. The van der Waals surface area contributed by atoms with Crippen molar-refractivity contribution in [2.75, 3.05) is 10.6 Å². The van der Waals surface area contributed by atoms with Crippen LogP contribution in [0.2, 0.25) is 5.02 Å². The van der Waals surface area contributed by atoms with E-state index in [9.17, 15) is 4.39 Å². The lowest BCUT2D eigenvalue weighted by Gasteiger charge is -2.12. The molecule has 0 atom stereocenters. The minimum absolute atomic E-state index is 0.0743. The van der Waals surface area contributed by atoms with E-state index in [1.807, 2.05) is 54.6 Å². The molecular formula is C21H16ClFN4. The Kier molecular flexibility index (Phi) is 4.85. The Morgan fingerprint density at radius 3 is 2.48 bits per heavy atom.